The van der Waals surface area contributed by atoms with Crippen LogP contribution in [0.25, 0.3) is 0 Å². The van der Waals surface area contributed by atoms with Crippen molar-refractivity contribution in [1.29, 1.82) is 0 Å². The van der Waals surface area contributed by atoms with Gasteiger partial charge in [-0.1, -0.05) is 39.0 Å². The Balaban J connectivity index is 1.02. The van der Waals surface area contributed by atoms with Gasteiger partial charge in [0.2, 0.25) is 5.79 Å². The third-order valence-electron chi connectivity index (χ3n) is 17.5. The van der Waals surface area contributed by atoms with Crippen molar-refractivity contribution in [3.05, 3.63) is 23.8 Å². The molecule has 5 saturated heterocycles. The highest BCUT2D eigenvalue weighted by Crippen LogP contribution is 2.71. The highest BCUT2D eigenvalue weighted by atomic mass is 16.8. The van der Waals surface area contributed by atoms with Gasteiger partial charge >= 0.3 is 11.9 Å². The summed E-state index contributed by atoms with van der Waals surface area (Å²) < 4.78 is 61.9. The van der Waals surface area contributed by atoms with Gasteiger partial charge in [-0.25, -0.2) is 0 Å². The van der Waals surface area contributed by atoms with Crippen LogP contribution in [0, 0.1) is 40.4 Å². The van der Waals surface area contributed by atoms with Crippen LogP contribution in [0.3, 0.4) is 0 Å². The largest absolute Gasteiger partial charge is 0.455 e. The van der Waals surface area contributed by atoms with Crippen molar-refractivity contribution in [2.24, 2.45) is 40.4 Å². The van der Waals surface area contributed by atoms with Crippen molar-refractivity contribution >= 4 is 11.9 Å². The van der Waals surface area contributed by atoms with E-state index in [1.807, 2.05) is 0 Å². The summed E-state index contributed by atoms with van der Waals surface area (Å²) in [7, 11) is 0. The molecule has 0 bridgehead atoms. The Kier molecular flexibility index (Phi) is 13.7. The SMILES string of the molecule is C=C1COC2(OC3CC4C5CC=C6CC(O)CC(OC7OCC(O)C(OC8OCC(O)C(O)C8O)C7OC7OC(C)C(O)C(OC(C)=O)C7OC(C)=O)C6(C)C5CCC4(C)C3C2C)C(O)C1O. The van der Waals surface area contributed by atoms with Crippen LogP contribution in [0.15, 0.2) is 23.8 Å². The summed E-state index contributed by atoms with van der Waals surface area (Å²) in [6, 6.07) is 0. The van der Waals surface area contributed by atoms with Gasteiger partial charge in [0, 0.05) is 31.6 Å². The van der Waals surface area contributed by atoms with Crippen LogP contribution in [0.4, 0.5) is 0 Å². The number of hydrogen-bond donors (Lipinski definition) is 8. The van der Waals surface area contributed by atoms with Crippen LogP contribution in [-0.4, -0.2) is 189 Å². The molecule has 4 aliphatic carbocycles. The third-order valence-corrected chi connectivity index (χ3v) is 17.5. The Hall–Kier alpha value is -2.22. The van der Waals surface area contributed by atoms with E-state index in [1.165, 1.54) is 6.92 Å². The molecule has 0 aromatic carbocycles. The molecule has 8 N–H and O–H groups in total. The molecule has 20 nitrogen and oxygen atoms in total. The van der Waals surface area contributed by atoms with Crippen LogP contribution < -0.4 is 0 Å². The van der Waals surface area contributed by atoms with Gasteiger partial charge in [-0.05, 0) is 73.7 Å². The van der Waals surface area contributed by atoms with Gasteiger partial charge in [0.1, 0.15) is 54.9 Å². The number of allylic oxidation sites excluding steroid dienone is 1. The summed E-state index contributed by atoms with van der Waals surface area (Å²) >= 11 is 0. The average Bonchev–Trinajstić information content (AvgIpc) is 3.73. The van der Waals surface area contributed by atoms with Crippen LogP contribution in [0.5, 0.6) is 0 Å². The van der Waals surface area contributed by atoms with E-state index in [0.29, 0.717) is 12.0 Å². The predicted molar refractivity (Wildman–Crippen MR) is 225 cm³/mol. The standard InChI is InChI=1S/C47H70O20/c1-18-15-60-47(41(57)33(18)53)19(2)32-30(67-47)14-27-25-9-8-23-12-24(50)13-31(46(23,7)26(25)10-11-45(27,32)6)64-43-39(37(29(52)17-59-43)65-42-36(56)35(55)28(51)16-58-42)66-44-40(63-22(5)49)38(62-21(4)48)34(54)20(3)61-44/h8,19-20,24-44,50-57H,1,9-17H2,2-7H3. The zero-order valence-corrected chi connectivity index (χ0v) is 38.9. The van der Waals surface area contributed by atoms with Crippen molar-refractivity contribution in [2.45, 2.75) is 196 Å². The summed E-state index contributed by atoms with van der Waals surface area (Å²) in [5, 5.41) is 88.1. The molecule has 67 heavy (non-hydrogen) atoms. The van der Waals surface area contributed by atoms with Crippen LogP contribution in [0.2, 0.25) is 0 Å². The quantitative estimate of drug-likeness (QED) is 0.112. The van der Waals surface area contributed by atoms with Crippen LogP contribution in [0.1, 0.15) is 80.1 Å². The number of fused-ring (bicyclic) bond motifs is 7. The summed E-state index contributed by atoms with van der Waals surface area (Å²) in [6.07, 6.45) is -17.6. The first-order chi connectivity index (χ1) is 31.6. The number of rotatable bonds is 8. The first-order valence-corrected chi connectivity index (χ1v) is 23.9. The normalized spacial score (nSPS) is 54.0. The van der Waals surface area contributed by atoms with E-state index in [2.05, 4.69) is 33.4 Å². The lowest BCUT2D eigenvalue weighted by Gasteiger charge is -2.60. The summed E-state index contributed by atoms with van der Waals surface area (Å²) in [5.41, 5.74) is 0.595. The maximum absolute atomic E-state index is 12.5. The number of aliphatic hydroxyl groups is 8. The molecule has 378 valence electrons. The fourth-order valence-corrected chi connectivity index (χ4v) is 14.1. The van der Waals surface area contributed by atoms with E-state index in [-0.39, 0.29) is 60.7 Å². The first kappa shape index (κ1) is 49.7. The molecule has 3 saturated carbocycles. The van der Waals surface area contributed by atoms with Gasteiger partial charge in [0.15, 0.2) is 31.1 Å². The maximum Gasteiger partial charge on any atom is 0.303 e. The second-order valence-corrected chi connectivity index (χ2v) is 21.2. The molecular formula is C47H70O20. The van der Waals surface area contributed by atoms with Gasteiger partial charge in [-0.3, -0.25) is 9.59 Å². The van der Waals surface area contributed by atoms with E-state index in [9.17, 15) is 50.4 Å². The molecule has 5 heterocycles. The average molecular weight is 955 g/mol. The molecule has 9 rings (SSSR count). The fraction of sp³-hybridized carbons (Fsp3) is 0.872. The van der Waals surface area contributed by atoms with Crippen LogP contribution in [-0.2, 0) is 57.0 Å². The van der Waals surface area contributed by atoms with E-state index in [4.69, 9.17) is 47.4 Å². The fourth-order valence-electron chi connectivity index (χ4n) is 14.1. The predicted octanol–water partition coefficient (Wildman–Crippen LogP) is -0.534. The van der Waals surface area contributed by atoms with Crippen molar-refractivity contribution in [3.63, 3.8) is 0 Å². The smallest absolute Gasteiger partial charge is 0.303 e. The molecule has 0 radical (unpaired) electrons. The van der Waals surface area contributed by atoms with Crippen molar-refractivity contribution < 1.29 is 97.8 Å². The Bertz CT molecular complexity index is 1900. The summed E-state index contributed by atoms with van der Waals surface area (Å²) in [5.74, 6) is -2.69. The highest BCUT2D eigenvalue weighted by molar-refractivity contribution is 5.67. The Morgan fingerprint density at radius 3 is 2.16 bits per heavy atom. The molecule has 1 spiro atoms. The lowest BCUT2D eigenvalue weighted by Crippen LogP contribution is -2.66. The Morgan fingerprint density at radius 1 is 0.776 bits per heavy atom. The van der Waals surface area contributed by atoms with Gasteiger partial charge in [0.05, 0.1) is 44.2 Å². The van der Waals surface area contributed by atoms with Crippen molar-refractivity contribution in [3.8, 4) is 0 Å². The molecule has 9 aliphatic rings. The lowest BCUT2D eigenvalue weighted by atomic mass is 9.46. The second-order valence-electron chi connectivity index (χ2n) is 21.2. The van der Waals surface area contributed by atoms with Crippen molar-refractivity contribution in [1.82, 2.24) is 0 Å². The topological polar surface area (TPSA) is 288 Å². The molecule has 0 amide bonds. The third kappa shape index (κ3) is 8.25. The number of carbonyl (C=O) groups excluding carboxylic acids is 2. The lowest BCUT2D eigenvalue weighted by molar-refractivity contribution is -0.382. The number of aliphatic hydroxyl groups excluding tert-OH is 8. The zero-order chi connectivity index (χ0) is 48.2. The van der Waals surface area contributed by atoms with E-state index in [1.54, 1.807) is 0 Å². The zero-order valence-electron chi connectivity index (χ0n) is 38.9. The second kappa shape index (κ2) is 18.4. The van der Waals surface area contributed by atoms with Gasteiger partial charge in [-0.15, -0.1) is 0 Å². The molecule has 26 atom stereocenters. The van der Waals surface area contributed by atoms with E-state index in [0.717, 1.165) is 45.1 Å². The molecule has 5 aliphatic heterocycles. The number of hydrogen-bond acceptors (Lipinski definition) is 20. The Labute approximate surface area is 389 Å². The first-order valence-electron chi connectivity index (χ1n) is 23.9. The van der Waals surface area contributed by atoms with Gasteiger partial charge < -0.3 is 88.2 Å². The molecule has 0 aromatic rings. The van der Waals surface area contributed by atoms with Crippen molar-refractivity contribution in [2.75, 3.05) is 19.8 Å². The molecule has 8 fully saturated rings. The highest BCUT2D eigenvalue weighted by Gasteiger charge is 2.72. The maximum atomic E-state index is 12.5. The van der Waals surface area contributed by atoms with Crippen LogP contribution >= 0.6 is 0 Å². The summed E-state index contributed by atoms with van der Waals surface area (Å²) in [4.78, 5) is 24.8. The molecule has 26 unspecified atom stereocenters. The molecule has 0 aromatic heterocycles. The molecular weight excluding hydrogens is 884 g/mol. The van der Waals surface area contributed by atoms with E-state index < -0.39 is 134 Å². The Morgan fingerprint density at radius 2 is 1.45 bits per heavy atom. The summed E-state index contributed by atoms with van der Waals surface area (Å²) in [6.45, 7) is 13.5. The minimum atomic E-state index is -1.76. The minimum Gasteiger partial charge on any atom is -0.455 e. The number of esters is 2. The van der Waals surface area contributed by atoms with Gasteiger partial charge in [-0.2, -0.15) is 0 Å². The minimum absolute atomic E-state index is 0.0418. The number of carbonyl (C=O) groups is 2. The number of ether oxygens (including phenoxy) is 10. The molecule has 20 heteroatoms. The van der Waals surface area contributed by atoms with Gasteiger partial charge in [0.25, 0.3) is 0 Å². The monoisotopic (exact) mass is 954 g/mol. The van der Waals surface area contributed by atoms with E-state index >= 15 is 0 Å².